The molecular formula is C29H34N6O6. The van der Waals surface area contributed by atoms with E-state index in [1.165, 1.54) is 11.0 Å². The number of nitrogens with one attached hydrogen (secondary N) is 2. The smallest absolute Gasteiger partial charge is 0.410 e. The van der Waals surface area contributed by atoms with Gasteiger partial charge in [-0.15, -0.1) is 0 Å². The van der Waals surface area contributed by atoms with E-state index in [4.69, 9.17) is 20.6 Å². The van der Waals surface area contributed by atoms with E-state index in [1.54, 1.807) is 25.1 Å². The Morgan fingerprint density at radius 2 is 1.93 bits per heavy atom. The molecule has 2 aromatic carbocycles. The van der Waals surface area contributed by atoms with E-state index in [9.17, 15) is 19.2 Å². The molecule has 1 saturated heterocycles. The first-order valence-electron chi connectivity index (χ1n) is 13.4. The van der Waals surface area contributed by atoms with Crippen molar-refractivity contribution in [3.8, 4) is 0 Å². The molecule has 0 radical (unpaired) electrons. The summed E-state index contributed by atoms with van der Waals surface area (Å²) in [6.45, 7) is 2.52. The normalized spacial score (nSPS) is 15.2. The van der Waals surface area contributed by atoms with Crippen LogP contribution in [0.4, 0.5) is 10.5 Å². The first-order valence-corrected chi connectivity index (χ1v) is 13.4. The van der Waals surface area contributed by atoms with Gasteiger partial charge in [0.1, 0.15) is 24.3 Å². The van der Waals surface area contributed by atoms with E-state index < -0.39 is 35.6 Å². The number of hydrogen-bond donors (Lipinski definition) is 4. The zero-order valence-electron chi connectivity index (χ0n) is 22.8. The Morgan fingerprint density at radius 3 is 2.68 bits per heavy atom. The van der Waals surface area contributed by atoms with Crippen LogP contribution in [0.25, 0.3) is 11.0 Å². The van der Waals surface area contributed by atoms with Gasteiger partial charge in [0.15, 0.2) is 5.96 Å². The van der Waals surface area contributed by atoms with Crippen LogP contribution in [0.1, 0.15) is 36.8 Å². The average molecular weight is 563 g/mol. The van der Waals surface area contributed by atoms with Crippen LogP contribution >= 0.6 is 0 Å². The molecule has 3 amide bonds. The number of aliphatic imine (C=N–C) groups is 1. The standard InChI is InChI=1S/C29H34N6O6/c1-18-15-25(36)41-24-16-20(11-12-21(18)24)33-26(37)22(9-5-13-32-28(30)31)34-27(38)23-10-6-14-35(23)29(39)40-17-19-7-3-2-4-8-19/h2-4,7-8,11-12,15-16,22-23H,5-6,9-10,13-14,17H2,1H3,(H,33,37)(H,34,38)(H4,30,31,32)/t22-,23+/m0/s1. The van der Waals surface area contributed by atoms with E-state index in [2.05, 4.69) is 15.6 Å². The largest absolute Gasteiger partial charge is 0.445 e. The predicted octanol–water partition coefficient (Wildman–Crippen LogP) is 2.38. The number of benzene rings is 2. The Balaban J connectivity index is 1.44. The van der Waals surface area contributed by atoms with Gasteiger partial charge >= 0.3 is 11.7 Å². The van der Waals surface area contributed by atoms with E-state index in [-0.39, 0.29) is 25.5 Å². The lowest BCUT2D eigenvalue weighted by Gasteiger charge is -2.26. The molecule has 12 nitrogen and oxygen atoms in total. The molecule has 2 heterocycles. The molecule has 0 unspecified atom stereocenters. The zero-order chi connectivity index (χ0) is 29.4. The highest BCUT2D eigenvalue weighted by atomic mass is 16.6. The van der Waals surface area contributed by atoms with Crippen LogP contribution in [-0.4, -0.2) is 53.9 Å². The number of anilines is 1. The van der Waals surface area contributed by atoms with Gasteiger partial charge in [-0.3, -0.25) is 19.5 Å². The molecule has 6 N–H and O–H groups in total. The van der Waals surface area contributed by atoms with E-state index in [0.29, 0.717) is 37.1 Å². The van der Waals surface area contributed by atoms with Crippen LogP contribution in [0.2, 0.25) is 0 Å². The lowest BCUT2D eigenvalue weighted by molar-refractivity contribution is -0.129. The number of carbonyl (C=O) groups is 3. The summed E-state index contributed by atoms with van der Waals surface area (Å²) in [6, 6.07) is 13.9. The number of nitrogens with zero attached hydrogens (tertiary/aromatic N) is 2. The van der Waals surface area contributed by atoms with Gasteiger partial charge in [0.2, 0.25) is 11.8 Å². The van der Waals surface area contributed by atoms with E-state index >= 15 is 0 Å². The molecule has 2 atom stereocenters. The lowest BCUT2D eigenvalue weighted by atomic mass is 10.1. The number of fused-ring (bicyclic) bond motifs is 1. The highest BCUT2D eigenvalue weighted by Gasteiger charge is 2.36. The SMILES string of the molecule is Cc1cc(=O)oc2cc(NC(=O)[C@H](CCCN=C(N)N)NC(=O)[C@H]3CCCN3C(=O)OCc3ccccc3)ccc12. The molecular weight excluding hydrogens is 528 g/mol. The summed E-state index contributed by atoms with van der Waals surface area (Å²) < 4.78 is 10.7. The molecule has 12 heteroatoms. The molecule has 0 bridgehead atoms. The molecule has 1 aliphatic heterocycles. The van der Waals surface area contributed by atoms with Crippen molar-refractivity contribution >= 4 is 40.5 Å². The Morgan fingerprint density at radius 1 is 1.15 bits per heavy atom. The van der Waals surface area contributed by atoms with Crippen LogP contribution in [0.15, 0.2) is 68.8 Å². The summed E-state index contributed by atoms with van der Waals surface area (Å²) in [5.74, 6) is -1.01. The van der Waals surface area contributed by atoms with Crippen LogP contribution < -0.4 is 27.7 Å². The second-order valence-corrected chi connectivity index (χ2v) is 9.85. The number of carbonyl (C=O) groups excluding carboxylic acids is 3. The molecule has 216 valence electrons. The van der Waals surface area contributed by atoms with Crippen molar-refractivity contribution < 1.29 is 23.5 Å². The van der Waals surface area contributed by atoms with E-state index in [1.807, 2.05) is 30.3 Å². The average Bonchev–Trinajstić information content (AvgIpc) is 3.44. The monoisotopic (exact) mass is 562 g/mol. The maximum absolute atomic E-state index is 13.3. The van der Waals surface area contributed by atoms with Crippen molar-refractivity contribution in [1.82, 2.24) is 10.2 Å². The fourth-order valence-electron chi connectivity index (χ4n) is 4.73. The molecule has 4 rings (SSSR count). The summed E-state index contributed by atoms with van der Waals surface area (Å²) in [5, 5.41) is 6.32. The fraction of sp³-hybridized carbons (Fsp3) is 0.345. The number of rotatable bonds is 10. The third-order valence-electron chi connectivity index (χ3n) is 6.79. The third-order valence-corrected chi connectivity index (χ3v) is 6.79. The number of guanidine groups is 1. The van der Waals surface area contributed by atoms with Crippen molar-refractivity contribution in [2.45, 2.75) is 51.3 Å². The molecule has 1 aromatic heterocycles. The van der Waals surface area contributed by atoms with Gasteiger partial charge in [-0.1, -0.05) is 30.3 Å². The third kappa shape index (κ3) is 7.84. The van der Waals surface area contributed by atoms with Crippen LogP contribution in [-0.2, 0) is 20.9 Å². The minimum absolute atomic E-state index is 0.0707. The van der Waals surface area contributed by atoms with E-state index in [0.717, 1.165) is 16.5 Å². The molecule has 41 heavy (non-hydrogen) atoms. The van der Waals surface area contributed by atoms with Gasteiger partial charge in [-0.05, 0) is 55.9 Å². The molecule has 0 spiro atoms. The topological polar surface area (TPSA) is 182 Å². The first-order chi connectivity index (χ1) is 19.7. The second kappa shape index (κ2) is 13.5. The molecule has 3 aromatic rings. The van der Waals surface area contributed by atoms with Gasteiger partial charge in [0.25, 0.3) is 0 Å². The Hall–Kier alpha value is -4.87. The summed E-state index contributed by atoms with van der Waals surface area (Å²) in [5.41, 5.74) is 12.6. The number of likely N-dealkylation sites (tertiary alicyclic amines) is 1. The Bertz CT molecular complexity index is 1480. The molecule has 0 aliphatic carbocycles. The van der Waals surface area contributed by atoms with Crippen molar-refractivity contribution in [3.63, 3.8) is 0 Å². The number of aryl methyl sites for hydroxylation is 1. The first kappa shape index (κ1) is 29.1. The van der Waals surface area contributed by atoms with Crippen molar-refractivity contribution in [1.29, 1.82) is 0 Å². The minimum Gasteiger partial charge on any atom is -0.445 e. The van der Waals surface area contributed by atoms with Gasteiger partial charge in [0, 0.05) is 36.3 Å². The van der Waals surface area contributed by atoms with Gasteiger partial charge in [-0.25, -0.2) is 9.59 Å². The van der Waals surface area contributed by atoms with Crippen molar-refractivity contribution in [2.75, 3.05) is 18.4 Å². The Kier molecular flexibility index (Phi) is 9.56. The Labute approximate surface area is 236 Å². The molecule has 1 aliphatic rings. The highest BCUT2D eigenvalue weighted by Crippen LogP contribution is 2.22. The predicted molar refractivity (Wildman–Crippen MR) is 154 cm³/mol. The highest BCUT2D eigenvalue weighted by molar-refractivity contribution is 5.99. The zero-order valence-corrected chi connectivity index (χ0v) is 22.8. The van der Waals surface area contributed by atoms with Gasteiger partial charge in [-0.2, -0.15) is 0 Å². The van der Waals surface area contributed by atoms with Crippen LogP contribution in [0.3, 0.4) is 0 Å². The molecule has 1 fully saturated rings. The second-order valence-electron chi connectivity index (χ2n) is 9.85. The number of nitrogens with two attached hydrogens (primary N) is 2. The van der Waals surface area contributed by atoms with Crippen LogP contribution in [0.5, 0.6) is 0 Å². The number of amides is 3. The van der Waals surface area contributed by atoms with Crippen LogP contribution in [0, 0.1) is 6.92 Å². The maximum Gasteiger partial charge on any atom is 0.410 e. The lowest BCUT2D eigenvalue weighted by Crippen LogP contribution is -2.52. The summed E-state index contributed by atoms with van der Waals surface area (Å²) in [4.78, 5) is 56.6. The molecule has 0 saturated carbocycles. The van der Waals surface area contributed by atoms with Gasteiger partial charge < -0.3 is 31.3 Å². The van der Waals surface area contributed by atoms with Gasteiger partial charge in [0.05, 0.1) is 0 Å². The minimum atomic E-state index is -0.945. The summed E-state index contributed by atoms with van der Waals surface area (Å²) in [6.07, 6.45) is 1.13. The maximum atomic E-state index is 13.3. The summed E-state index contributed by atoms with van der Waals surface area (Å²) >= 11 is 0. The quantitative estimate of drug-likeness (QED) is 0.126. The van der Waals surface area contributed by atoms with Crippen molar-refractivity contribution in [2.24, 2.45) is 16.5 Å². The summed E-state index contributed by atoms with van der Waals surface area (Å²) in [7, 11) is 0. The number of ether oxygens (including phenoxy) is 1. The van der Waals surface area contributed by atoms with Crippen molar-refractivity contribution in [3.05, 3.63) is 76.1 Å². The fourth-order valence-corrected chi connectivity index (χ4v) is 4.73. The number of hydrogen-bond acceptors (Lipinski definition) is 7.